The lowest BCUT2D eigenvalue weighted by Crippen LogP contribution is -2.49. The highest BCUT2D eigenvalue weighted by atomic mass is 16.3. The molecule has 0 radical (unpaired) electrons. The summed E-state index contributed by atoms with van der Waals surface area (Å²) in [7, 11) is 3.09. The molecule has 0 heterocycles. The average molecular weight is 497 g/mol. The highest BCUT2D eigenvalue weighted by Gasteiger charge is 2.52. The van der Waals surface area contributed by atoms with Gasteiger partial charge in [0.1, 0.15) is 5.92 Å². The molecule has 0 aliphatic heterocycles. The Morgan fingerprint density at radius 2 is 1.35 bits per heavy atom. The summed E-state index contributed by atoms with van der Waals surface area (Å²) in [4.78, 5) is 24.8. The van der Waals surface area contributed by atoms with Crippen molar-refractivity contribution < 1.29 is 14.7 Å². The first-order valence-corrected chi connectivity index (χ1v) is 13.6. The molecule has 3 N–H and O–H groups in total. The van der Waals surface area contributed by atoms with Crippen LogP contribution in [0.15, 0.2) is 54.6 Å². The number of hydrogen-bond acceptors (Lipinski definition) is 3. The van der Waals surface area contributed by atoms with Crippen molar-refractivity contribution in [2.24, 2.45) is 17.8 Å². The van der Waals surface area contributed by atoms with Gasteiger partial charge in [-0.15, -0.1) is 0 Å². The van der Waals surface area contributed by atoms with E-state index in [0.717, 1.165) is 39.7 Å². The molecule has 5 nitrogen and oxygen atoms in total. The molecule has 4 fully saturated rings. The molecule has 7 rings (SSSR count). The molecule has 2 amide bonds. The molecule has 0 atom stereocenters. The Morgan fingerprint density at radius 3 is 1.95 bits per heavy atom. The summed E-state index contributed by atoms with van der Waals surface area (Å²) in [6.45, 7) is 0.0930. The fourth-order valence-corrected chi connectivity index (χ4v) is 8.16. The van der Waals surface area contributed by atoms with Crippen LogP contribution >= 0.6 is 0 Å². The molecular weight excluding hydrogens is 460 g/mol. The van der Waals surface area contributed by atoms with Crippen LogP contribution in [-0.2, 0) is 21.6 Å². The average Bonchev–Trinajstić information content (AvgIpc) is 2.91. The number of fused-ring (bicyclic) bond motifs is 1. The summed E-state index contributed by atoms with van der Waals surface area (Å²) < 4.78 is 0. The monoisotopic (exact) mass is 496 g/mol. The van der Waals surface area contributed by atoms with E-state index < -0.39 is 5.92 Å². The van der Waals surface area contributed by atoms with Crippen LogP contribution in [-0.4, -0.2) is 31.0 Å². The zero-order chi connectivity index (χ0) is 25.7. The van der Waals surface area contributed by atoms with Gasteiger partial charge in [0.15, 0.2) is 0 Å². The van der Waals surface area contributed by atoms with Gasteiger partial charge >= 0.3 is 0 Å². The first kappa shape index (κ1) is 24.2. The molecule has 0 unspecified atom stereocenters. The topological polar surface area (TPSA) is 78.4 Å². The van der Waals surface area contributed by atoms with Crippen LogP contribution in [0, 0.1) is 17.8 Å². The van der Waals surface area contributed by atoms with Gasteiger partial charge in [-0.3, -0.25) is 9.59 Å². The molecule has 5 heteroatoms. The number of amides is 2. The molecule has 0 saturated heterocycles. The predicted octanol–water partition coefficient (Wildman–Crippen LogP) is 5.04. The lowest BCUT2D eigenvalue weighted by Gasteiger charge is -2.57. The largest absolute Gasteiger partial charge is 0.392 e. The lowest BCUT2D eigenvalue weighted by atomic mass is 9.47. The van der Waals surface area contributed by atoms with Crippen LogP contribution in [0.25, 0.3) is 21.9 Å². The van der Waals surface area contributed by atoms with Gasteiger partial charge in [0.05, 0.1) is 6.61 Å². The Morgan fingerprint density at radius 1 is 0.811 bits per heavy atom. The van der Waals surface area contributed by atoms with E-state index in [9.17, 15) is 14.7 Å². The molecular formula is C32H36N2O3. The van der Waals surface area contributed by atoms with Gasteiger partial charge in [-0.2, -0.15) is 0 Å². The second-order valence-electron chi connectivity index (χ2n) is 11.7. The van der Waals surface area contributed by atoms with Crippen LogP contribution in [0.2, 0.25) is 0 Å². The maximum Gasteiger partial charge on any atom is 0.236 e. The molecule has 192 valence electrons. The van der Waals surface area contributed by atoms with Crippen LogP contribution in [0.4, 0.5) is 0 Å². The number of carbonyl (C=O) groups is 2. The molecule has 4 bridgehead atoms. The number of aliphatic hydroxyl groups is 1. The third-order valence-electron chi connectivity index (χ3n) is 9.44. The van der Waals surface area contributed by atoms with Crippen LogP contribution in [0.5, 0.6) is 0 Å². The van der Waals surface area contributed by atoms with Gasteiger partial charge in [0.2, 0.25) is 11.8 Å². The molecule has 0 spiro atoms. The quantitative estimate of drug-likeness (QED) is 0.418. The molecule has 3 aromatic rings. The van der Waals surface area contributed by atoms with Gasteiger partial charge in [0, 0.05) is 14.1 Å². The fraction of sp³-hybridized carbons (Fsp3) is 0.438. The highest BCUT2D eigenvalue weighted by molar-refractivity contribution is 6.06. The SMILES string of the molecule is CNC(=O)C(C(=O)NC)c1ccc2cc(-c3ccc(CO)c(C45CC6CC(CC(C6)C4)C5)c3)ccc2c1. The minimum atomic E-state index is -0.882. The van der Waals surface area contributed by atoms with Crippen molar-refractivity contribution in [2.75, 3.05) is 14.1 Å². The molecule has 4 aliphatic rings. The lowest BCUT2D eigenvalue weighted by molar-refractivity contribution is -0.131. The number of carbonyl (C=O) groups excluding carboxylic acids is 2. The summed E-state index contributed by atoms with van der Waals surface area (Å²) in [5.74, 6) is 1.03. The van der Waals surface area contributed by atoms with E-state index in [1.54, 1.807) is 14.1 Å². The van der Waals surface area contributed by atoms with Crippen LogP contribution in [0.3, 0.4) is 0 Å². The van der Waals surface area contributed by atoms with E-state index in [1.165, 1.54) is 49.7 Å². The van der Waals surface area contributed by atoms with E-state index in [-0.39, 0.29) is 23.8 Å². The smallest absolute Gasteiger partial charge is 0.236 e. The van der Waals surface area contributed by atoms with Gasteiger partial charge in [0.25, 0.3) is 0 Å². The molecule has 4 saturated carbocycles. The van der Waals surface area contributed by atoms with Gasteiger partial charge in [-0.1, -0.05) is 42.5 Å². The zero-order valence-electron chi connectivity index (χ0n) is 21.7. The molecule has 0 aromatic heterocycles. The van der Waals surface area contributed by atoms with Gasteiger partial charge < -0.3 is 15.7 Å². The van der Waals surface area contributed by atoms with Crippen LogP contribution < -0.4 is 10.6 Å². The highest BCUT2D eigenvalue weighted by Crippen LogP contribution is 2.61. The number of likely N-dealkylation sites (N-methyl/N-ethyl adjacent to an activating group) is 2. The molecule has 4 aliphatic carbocycles. The summed E-state index contributed by atoms with van der Waals surface area (Å²) in [5, 5.41) is 17.5. The normalized spacial score (nSPS) is 26.0. The van der Waals surface area contributed by atoms with E-state index >= 15 is 0 Å². The Hall–Kier alpha value is -3.18. The third kappa shape index (κ3) is 4.14. The van der Waals surface area contributed by atoms with E-state index in [4.69, 9.17) is 0 Å². The second-order valence-corrected chi connectivity index (χ2v) is 11.7. The summed E-state index contributed by atoms with van der Waals surface area (Å²) in [6.07, 6.45) is 8.03. The van der Waals surface area contributed by atoms with E-state index in [0.29, 0.717) is 5.56 Å². The Bertz CT molecular complexity index is 1330. The van der Waals surface area contributed by atoms with Gasteiger partial charge in [-0.05, 0) is 112 Å². The standard InChI is InChI=1S/C32H36N2O3/c1-33-30(36)29(31(37)34-2)26-7-5-22-12-23(3-4-24(22)13-26)25-6-8-27(18-35)28(14-25)32-15-19-9-20(16-32)11-21(10-19)17-32/h3-8,12-14,19-21,29,35H,9-11,15-18H2,1-2H3,(H,33,36)(H,34,37). The van der Waals surface area contributed by atoms with Crippen molar-refractivity contribution >= 4 is 22.6 Å². The second kappa shape index (κ2) is 9.29. The van der Waals surface area contributed by atoms with E-state index in [1.807, 2.05) is 18.2 Å². The summed E-state index contributed by atoms with van der Waals surface area (Å²) in [6, 6.07) is 18.8. The maximum atomic E-state index is 12.4. The van der Waals surface area contributed by atoms with Crippen molar-refractivity contribution in [1.29, 1.82) is 0 Å². The summed E-state index contributed by atoms with van der Waals surface area (Å²) >= 11 is 0. The number of hydrogen-bond donors (Lipinski definition) is 3. The van der Waals surface area contributed by atoms with Crippen molar-refractivity contribution in [1.82, 2.24) is 10.6 Å². The number of aliphatic hydroxyl groups excluding tert-OH is 1. The van der Waals surface area contributed by atoms with Crippen molar-refractivity contribution in [3.63, 3.8) is 0 Å². The minimum absolute atomic E-state index is 0.0930. The Kier molecular flexibility index (Phi) is 6.07. The number of nitrogens with one attached hydrogen (secondary N) is 2. The molecule has 3 aromatic carbocycles. The number of rotatable bonds is 6. The predicted molar refractivity (Wildman–Crippen MR) is 146 cm³/mol. The van der Waals surface area contributed by atoms with Crippen LogP contribution in [0.1, 0.15) is 61.1 Å². The Labute approximate surface area is 218 Å². The fourth-order valence-electron chi connectivity index (χ4n) is 8.16. The van der Waals surface area contributed by atoms with Gasteiger partial charge in [-0.25, -0.2) is 0 Å². The first-order chi connectivity index (χ1) is 17.9. The zero-order valence-corrected chi connectivity index (χ0v) is 21.7. The van der Waals surface area contributed by atoms with Crippen molar-refractivity contribution in [3.05, 3.63) is 71.3 Å². The van der Waals surface area contributed by atoms with Crippen molar-refractivity contribution in [2.45, 2.75) is 56.5 Å². The third-order valence-corrected chi connectivity index (χ3v) is 9.44. The first-order valence-electron chi connectivity index (χ1n) is 13.6. The minimum Gasteiger partial charge on any atom is -0.392 e. The molecule has 37 heavy (non-hydrogen) atoms. The van der Waals surface area contributed by atoms with E-state index in [2.05, 4.69) is 47.0 Å². The number of benzene rings is 3. The Balaban J connectivity index is 1.36. The van der Waals surface area contributed by atoms with Crippen molar-refractivity contribution in [3.8, 4) is 11.1 Å². The maximum absolute atomic E-state index is 12.4. The summed E-state index contributed by atoms with van der Waals surface area (Å²) in [5.41, 5.74) is 5.69.